The summed E-state index contributed by atoms with van der Waals surface area (Å²) in [5.74, 6) is -0.737. The molecule has 33 heavy (non-hydrogen) atoms. The number of nitrogens with zero attached hydrogens (tertiary/aromatic N) is 5. The molecule has 3 aromatic rings. The third kappa shape index (κ3) is 5.41. The first-order chi connectivity index (χ1) is 15.6. The Morgan fingerprint density at radius 2 is 1.85 bits per heavy atom. The van der Waals surface area contributed by atoms with E-state index in [1.807, 2.05) is 0 Å². The number of nitrogens with one attached hydrogen (secondary N) is 1. The van der Waals surface area contributed by atoms with E-state index in [1.165, 1.54) is 12.4 Å². The number of benzene rings is 1. The van der Waals surface area contributed by atoms with Crippen LogP contribution in [0.1, 0.15) is 59.0 Å². The van der Waals surface area contributed by atoms with Crippen LogP contribution in [0.5, 0.6) is 5.75 Å². The van der Waals surface area contributed by atoms with Gasteiger partial charge < -0.3 is 10.1 Å². The van der Waals surface area contributed by atoms with Crippen LogP contribution in [0.15, 0.2) is 36.9 Å². The molecular formula is C20H17F5N6O2. The predicted molar refractivity (Wildman–Crippen MR) is 103 cm³/mol. The first kappa shape index (κ1) is 22.6. The average Bonchev–Trinajstić information content (AvgIpc) is 3.49. The van der Waals surface area contributed by atoms with Crippen molar-refractivity contribution in [2.75, 3.05) is 0 Å². The largest absolute Gasteiger partial charge is 0.432 e. The Labute approximate surface area is 183 Å². The van der Waals surface area contributed by atoms with E-state index >= 15 is 0 Å². The van der Waals surface area contributed by atoms with Crippen LogP contribution in [0.3, 0.4) is 0 Å². The summed E-state index contributed by atoms with van der Waals surface area (Å²) in [6.07, 6.45) is 0.325. The van der Waals surface area contributed by atoms with Gasteiger partial charge in [0, 0.05) is 5.56 Å². The molecule has 1 aromatic carbocycles. The summed E-state index contributed by atoms with van der Waals surface area (Å²) in [5, 5.41) is 6.71. The molecule has 1 saturated carbocycles. The molecule has 2 heterocycles. The molecule has 0 saturated heterocycles. The van der Waals surface area contributed by atoms with Crippen LogP contribution in [0.2, 0.25) is 0 Å². The van der Waals surface area contributed by atoms with Crippen molar-refractivity contribution in [3.05, 3.63) is 59.4 Å². The monoisotopic (exact) mass is 468 g/mol. The number of alkyl halides is 5. The van der Waals surface area contributed by atoms with Crippen LogP contribution in [-0.4, -0.2) is 37.3 Å². The number of aromatic nitrogens is 5. The Morgan fingerprint density at radius 1 is 1.15 bits per heavy atom. The molecule has 0 aliphatic heterocycles. The maximum absolute atomic E-state index is 13.3. The predicted octanol–water partition coefficient (Wildman–Crippen LogP) is 4.05. The van der Waals surface area contributed by atoms with E-state index in [0.717, 1.165) is 42.0 Å². The summed E-state index contributed by atoms with van der Waals surface area (Å²) in [7, 11) is 0. The summed E-state index contributed by atoms with van der Waals surface area (Å²) in [6, 6.07) is 2.62. The minimum atomic E-state index is -4.57. The van der Waals surface area contributed by atoms with Crippen molar-refractivity contribution in [2.45, 2.75) is 44.5 Å². The molecule has 4 rings (SSSR count). The standard InChI is InChI=1S/C20H17F5N6O2/c1-10(16-28-9-31(30-16)19-26-7-15(8-27-19)33-18(21)22)29-17(32)13-4-12(11-2-3-11)5-14(6-13)20(23,24)25/h4-11,18H,2-3H2,1H3,(H,29,32). The van der Waals surface area contributed by atoms with Crippen molar-refractivity contribution in [2.24, 2.45) is 0 Å². The van der Waals surface area contributed by atoms with E-state index in [9.17, 15) is 26.7 Å². The molecule has 1 aliphatic rings. The number of hydrogen-bond acceptors (Lipinski definition) is 6. The summed E-state index contributed by atoms with van der Waals surface area (Å²) < 4.78 is 69.5. The quantitative estimate of drug-likeness (QED) is 0.526. The van der Waals surface area contributed by atoms with Gasteiger partial charge in [0.05, 0.1) is 24.0 Å². The fraction of sp³-hybridized carbons (Fsp3) is 0.350. The Hall–Kier alpha value is -3.64. The second kappa shape index (κ2) is 8.71. The Morgan fingerprint density at radius 3 is 2.45 bits per heavy atom. The third-order valence-corrected chi connectivity index (χ3v) is 4.88. The van der Waals surface area contributed by atoms with Crippen LogP contribution >= 0.6 is 0 Å². The van der Waals surface area contributed by atoms with Gasteiger partial charge in [-0.2, -0.15) is 26.6 Å². The van der Waals surface area contributed by atoms with E-state index in [0.29, 0.717) is 5.56 Å². The topological polar surface area (TPSA) is 94.8 Å². The Balaban J connectivity index is 1.48. The first-order valence-corrected chi connectivity index (χ1v) is 9.82. The molecule has 0 spiro atoms. The van der Waals surface area contributed by atoms with Gasteiger partial charge in [-0.05, 0) is 49.4 Å². The third-order valence-electron chi connectivity index (χ3n) is 4.88. The molecule has 0 radical (unpaired) electrons. The fourth-order valence-corrected chi connectivity index (χ4v) is 3.11. The van der Waals surface area contributed by atoms with Crippen molar-refractivity contribution in [3.63, 3.8) is 0 Å². The molecule has 0 bridgehead atoms. The molecule has 1 fully saturated rings. The molecule has 1 unspecified atom stereocenters. The SMILES string of the molecule is CC(NC(=O)c1cc(C2CC2)cc(C(F)(F)F)c1)c1ncn(-c2ncc(OC(F)F)cn2)n1. The lowest BCUT2D eigenvalue weighted by molar-refractivity contribution is -0.137. The fourth-order valence-electron chi connectivity index (χ4n) is 3.11. The van der Waals surface area contributed by atoms with Gasteiger partial charge in [-0.1, -0.05) is 0 Å². The van der Waals surface area contributed by atoms with Crippen molar-refractivity contribution in [3.8, 4) is 11.7 Å². The van der Waals surface area contributed by atoms with Gasteiger partial charge in [-0.3, -0.25) is 4.79 Å². The lowest BCUT2D eigenvalue weighted by atomic mass is 10.0. The van der Waals surface area contributed by atoms with Gasteiger partial charge in [0.1, 0.15) is 6.33 Å². The minimum Gasteiger partial charge on any atom is -0.432 e. The molecule has 1 aliphatic carbocycles. The van der Waals surface area contributed by atoms with Gasteiger partial charge in [0.25, 0.3) is 11.9 Å². The zero-order valence-electron chi connectivity index (χ0n) is 17.1. The molecule has 174 valence electrons. The smallest absolute Gasteiger partial charge is 0.416 e. The maximum atomic E-state index is 13.3. The van der Waals surface area contributed by atoms with Crippen LogP contribution in [-0.2, 0) is 6.18 Å². The number of hydrogen-bond donors (Lipinski definition) is 1. The van der Waals surface area contributed by atoms with E-state index in [1.54, 1.807) is 6.92 Å². The first-order valence-electron chi connectivity index (χ1n) is 9.82. The number of carbonyl (C=O) groups is 1. The van der Waals surface area contributed by atoms with Crippen molar-refractivity contribution in [1.29, 1.82) is 0 Å². The second-order valence-corrected chi connectivity index (χ2v) is 7.46. The Bertz CT molecular complexity index is 1140. The van der Waals surface area contributed by atoms with Crippen LogP contribution in [0, 0.1) is 0 Å². The minimum absolute atomic E-state index is 0.0147. The zero-order valence-corrected chi connectivity index (χ0v) is 17.1. The van der Waals surface area contributed by atoms with E-state index in [2.05, 4.69) is 30.1 Å². The van der Waals surface area contributed by atoms with E-state index in [4.69, 9.17) is 0 Å². The lowest BCUT2D eigenvalue weighted by Crippen LogP contribution is -2.28. The van der Waals surface area contributed by atoms with Crippen LogP contribution in [0.25, 0.3) is 5.95 Å². The Kier molecular flexibility index (Phi) is 5.95. The van der Waals surface area contributed by atoms with E-state index in [-0.39, 0.29) is 29.0 Å². The van der Waals surface area contributed by atoms with Gasteiger partial charge in [-0.15, -0.1) is 5.10 Å². The number of ether oxygens (including phenoxy) is 1. The highest BCUT2D eigenvalue weighted by atomic mass is 19.4. The second-order valence-electron chi connectivity index (χ2n) is 7.46. The zero-order chi connectivity index (χ0) is 23.8. The highest BCUT2D eigenvalue weighted by Crippen LogP contribution is 2.42. The van der Waals surface area contributed by atoms with Gasteiger partial charge >= 0.3 is 12.8 Å². The van der Waals surface area contributed by atoms with Gasteiger partial charge in [0.2, 0.25) is 0 Å². The van der Waals surface area contributed by atoms with Crippen molar-refractivity contribution < 1.29 is 31.5 Å². The van der Waals surface area contributed by atoms with Crippen molar-refractivity contribution >= 4 is 5.91 Å². The summed E-state index contributed by atoms with van der Waals surface area (Å²) in [6.45, 7) is -1.45. The normalized spacial score (nSPS) is 14.9. The van der Waals surface area contributed by atoms with Crippen LogP contribution < -0.4 is 10.1 Å². The van der Waals surface area contributed by atoms with E-state index < -0.39 is 30.3 Å². The molecule has 1 amide bonds. The average molecular weight is 468 g/mol. The van der Waals surface area contributed by atoms with Crippen LogP contribution in [0.4, 0.5) is 22.0 Å². The van der Waals surface area contributed by atoms with Crippen molar-refractivity contribution in [1.82, 2.24) is 30.0 Å². The number of carbonyl (C=O) groups excluding carboxylic acids is 1. The summed E-state index contributed by atoms with van der Waals surface area (Å²) in [5.41, 5.74) is -0.485. The molecule has 1 atom stereocenters. The van der Waals surface area contributed by atoms with Gasteiger partial charge in [-0.25, -0.2) is 15.0 Å². The molecule has 2 aromatic heterocycles. The number of halogens is 5. The summed E-state index contributed by atoms with van der Waals surface area (Å²) in [4.78, 5) is 24.4. The highest BCUT2D eigenvalue weighted by molar-refractivity contribution is 5.94. The molecular weight excluding hydrogens is 451 g/mol. The molecule has 8 nitrogen and oxygen atoms in total. The highest BCUT2D eigenvalue weighted by Gasteiger charge is 2.34. The summed E-state index contributed by atoms with van der Waals surface area (Å²) >= 11 is 0. The maximum Gasteiger partial charge on any atom is 0.416 e. The molecule has 13 heteroatoms. The van der Waals surface area contributed by atoms with Gasteiger partial charge in [0.15, 0.2) is 11.6 Å². The number of rotatable bonds is 7. The lowest BCUT2D eigenvalue weighted by Gasteiger charge is -2.14. The number of amides is 1. The molecule has 1 N–H and O–H groups in total.